The summed E-state index contributed by atoms with van der Waals surface area (Å²) >= 11 is 1.60. The van der Waals surface area contributed by atoms with Gasteiger partial charge in [-0.1, -0.05) is 12.1 Å². The van der Waals surface area contributed by atoms with E-state index in [1.165, 1.54) is 6.07 Å². The number of nitrogens with two attached hydrogens (primary N) is 1. The van der Waals surface area contributed by atoms with Crippen molar-refractivity contribution >= 4 is 32.3 Å². The third kappa shape index (κ3) is 2.56. The maximum atomic E-state index is 14.4. The van der Waals surface area contributed by atoms with Gasteiger partial charge in [0.2, 0.25) is 0 Å². The van der Waals surface area contributed by atoms with Crippen molar-refractivity contribution in [2.24, 2.45) is 5.73 Å². The molecule has 0 spiro atoms. The number of aromatic hydroxyl groups is 1. The van der Waals surface area contributed by atoms with Gasteiger partial charge in [0.1, 0.15) is 11.6 Å². The summed E-state index contributed by atoms with van der Waals surface area (Å²) in [4.78, 5) is 4.57. The number of rotatable bonds is 3. The number of thiophene rings is 1. The van der Waals surface area contributed by atoms with Crippen molar-refractivity contribution in [1.82, 2.24) is 4.98 Å². The third-order valence-corrected chi connectivity index (χ3v) is 5.35. The molecule has 2 aromatic heterocycles. The number of nitrogens with zero attached hydrogens (tertiary/aromatic N) is 1. The SMILES string of the molecule is Cc1cc(O)c(-c2ccc(CCN)c(F)c2)c2c1ncc1sccc12. The lowest BCUT2D eigenvalue weighted by atomic mass is 9.94. The lowest BCUT2D eigenvalue weighted by Crippen LogP contribution is -2.04. The van der Waals surface area contributed by atoms with Crippen LogP contribution in [0.25, 0.3) is 32.1 Å². The van der Waals surface area contributed by atoms with E-state index in [1.807, 2.05) is 30.6 Å². The molecule has 2 aromatic carbocycles. The number of aromatic nitrogens is 1. The van der Waals surface area contributed by atoms with E-state index in [0.717, 1.165) is 26.6 Å². The predicted molar refractivity (Wildman–Crippen MR) is 102 cm³/mol. The summed E-state index contributed by atoms with van der Waals surface area (Å²) < 4.78 is 15.5. The smallest absolute Gasteiger partial charge is 0.127 e. The summed E-state index contributed by atoms with van der Waals surface area (Å²) in [6.45, 7) is 2.32. The molecule has 5 heteroatoms. The van der Waals surface area contributed by atoms with Crippen LogP contribution in [0.2, 0.25) is 0 Å². The summed E-state index contributed by atoms with van der Waals surface area (Å²) in [7, 11) is 0. The van der Waals surface area contributed by atoms with Gasteiger partial charge < -0.3 is 10.8 Å². The van der Waals surface area contributed by atoms with Crippen LogP contribution in [0.3, 0.4) is 0 Å². The number of benzene rings is 2. The van der Waals surface area contributed by atoms with Gasteiger partial charge in [0.15, 0.2) is 0 Å². The maximum absolute atomic E-state index is 14.4. The van der Waals surface area contributed by atoms with Crippen LogP contribution in [-0.4, -0.2) is 16.6 Å². The van der Waals surface area contributed by atoms with Gasteiger partial charge in [0.25, 0.3) is 0 Å². The summed E-state index contributed by atoms with van der Waals surface area (Å²) in [6, 6.07) is 8.76. The molecule has 4 rings (SSSR count). The van der Waals surface area contributed by atoms with Crippen molar-refractivity contribution in [1.29, 1.82) is 0 Å². The van der Waals surface area contributed by atoms with E-state index < -0.39 is 0 Å². The first kappa shape index (κ1) is 16.0. The fourth-order valence-corrected chi connectivity index (χ4v) is 4.08. The van der Waals surface area contributed by atoms with Crippen molar-refractivity contribution in [2.75, 3.05) is 6.54 Å². The summed E-state index contributed by atoms with van der Waals surface area (Å²) in [5, 5.41) is 14.5. The Labute approximate surface area is 148 Å². The van der Waals surface area contributed by atoms with Crippen LogP contribution < -0.4 is 5.73 Å². The van der Waals surface area contributed by atoms with Crippen LogP contribution in [-0.2, 0) is 6.42 Å². The molecule has 0 unspecified atom stereocenters. The van der Waals surface area contributed by atoms with Crippen molar-refractivity contribution in [3.8, 4) is 16.9 Å². The largest absolute Gasteiger partial charge is 0.507 e. The highest BCUT2D eigenvalue weighted by molar-refractivity contribution is 7.17. The zero-order valence-corrected chi connectivity index (χ0v) is 14.5. The van der Waals surface area contributed by atoms with Crippen LogP contribution in [0.5, 0.6) is 5.75 Å². The maximum Gasteiger partial charge on any atom is 0.127 e. The molecule has 0 saturated heterocycles. The van der Waals surface area contributed by atoms with E-state index in [-0.39, 0.29) is 11.6 Å². The Morgan fingerprint density at radius 3 is 2.84 bits per heavy atom. The van der Waals surface area contributed by atoms with Gasteiger partial charge in [-0.25, -0.2) is 4.39 Å². The summed E-state index contributed by atoms with van der Waals surface area (Å²) in [5.41, 5.74) is 9.09. The van der Waals surface area contributed by atoms with Crippen molar-refractivity contribution in [3.05, 3.63) is 58.9 Å². The molecule has 0 atom stereocenters. The molecule has 4 aromatic rings. The topological polar surface area (TPSA) is 59.1 Å². The average Bonchev–Trinajstić information content (AvgIpc) is 3.06. The second kappa shape index (κ2) is 6.10. The van der Waals surface area contributed by atoms with Crippen LogP contribution in [0.4, 0.5) is 4.39 Å². The highest BCUT2D eigenvalue weighted by Gasteiger charge is 2.17. The number of halogens is 1. The van der Waals surface area contributed by atoms with E-state index >= 15 is 0 Å². The first-order chi connectivity index (χ1) is 12.1. The fraction of sp³-hybridized carbons (Fsp3) is 0.150. The Balaban J connectivity index is 2.07. The highest BCUT2D eigenvalue weighted by atomic mass is 32.1. The van der Waals surface area contributed by atoms with Gasteiger partial charge in [0, 0.05) is 22.5 Å². The molecule has 0 saturated carbocycles. The standard InChI is InChI=1S/C20H17FN2OS/c1-11-8-16(24)18(13-3-2-12(4-6-22)15(21)9-13)19-14-5-7-25-17(14)10-23-20(11)19/h2-3,5,7-10,24H,4,6,22H2,1H3. The van der Waals surface area contributed by atoms with Crippen molar-refractivity contribution in [2.45, 2.75) is 13.3 Å². The molecule has 0 aliphatic rings. The lowest BCUT2D eigenvalue weighted by Gasteiger charge is -2.13. The third-order valence-electron chi connectivity index (χ3n) is 4.50. The molecule has 0 aliphatic carbocycles. The monoisotopic (exact) mass is 352 g/mol. The van der Waals surface area contributed by atoms with E-state index in [9.17, 15) is 9.50 Å². The molecular weight excluding hydrogens is 335 g/mol. The fourth-order valence-electron chi connectivity index (χ4n) is 3.32. The molecule has 126 valence electrons. The molecule has 0 amide bonds. The number of hydrogen-bond donors (Lipinski definition) is 2. The number of hydrogen-bond acceptors (Lipinski definition) is 4. The molecule has 25 heavy (non-hydrogen) atoms. The second-order valence-electron chi connectivity index (χ2n) is 6.11. The highest BCUT2D eigenvalue weighted by Crippen LogP contribution is 2.42. The molecule has 0 bridgehead atoms. The number of aryl methyl sites for hydroxylation is 1. The van der Waals surface area contributed by atoms with Gasteiger partial charge in [-0.05, 0) is 60.2 Å². The average molecular weight is 352 g/mol. The number of phenols is 1. The Kier molecular flexibility index (Phi) is 3.90. The van der Waals surface area contributed by atoms with Gasteiger partial charge in [-0.3, -0.25) is 4.98 Å². The summed E-state index contributed by atoms with van der Waals surface area (Å²) in [5.74, 6) is -0.169. The molecule has 0 fully saturated rings. The number of fused-ring (bicyclic) bond motifs is 3. The minimum Gasteiger partial charge on any atom is -0.507 e. The van der Waals surface area contributed by atoms with Crippen LogP contribution in [0, 0.1) is 12.7 Å². The van der Waals surface area contributed by atoms with Crippen LogP contribution in [0.15, 0.2) is 41.9 Å². The Morgan fingerprint density at radius 2 is 2.08 bits per heavy atom. The molecule has 2 heterocycles. The zero-order valence-electron chi connectivity index (χ0n) is 13.7. The molecule has 0 radical (unpaired) electrons. The Morgan fingerprint density at radius 1 is 1.24 bits per heavy atom. The minimum atomic E-state index is -0.304. The number of phenolic OH excluding ortho intramolecular Hbond substituents is 1. The second-order valence-corrected chi connectivity index (χ2v) is 7.06. The van der Waals surface area contributed by atoms with Gasteiger partial charge in [0.05, 0.1) is 10.2 Å². The van der Waals surface area contributed by atoms with Gasteiger partial charge >= 0.3 is 0 Å². The zero-order chi connectivity index (χ0) is 17.6. The predicted octanol–water partition coefficient (Wildman–Crippen LogP) is 4.77. The van der Waals surface area contributed by atoms with E-state index in [1.54, 1.807) is 23.5 Å². The van der Waals surface area contributed by atoms with E-state index in [0.29, 0.717) is 29.7 Å². The quantitative estimate of drug-likeness (QED) is 0.558. The van der Waals surface area contributed by atoms with E-state index in [4.69, 9.17) is 5.73 Å². The van der Waals surface area contributed by atoms with Crippen molar-refractivity contribution in [3.63, 3.8) is 0 Å². The Hall–Kier alpha value is -2.50. The minimum absolute atomic E-state index is 0.136. The normalized spacial score (nSPS) is 11.5. The first-order valence-corrected chi connectivity index (χ1v) is 8.95. The van der Waals surface area contributed by atoms with Crippen molar-refractivity contribution < 1.29 is 9.50 Å². The first-order valence-electron chi connectivity index (χ1n) is 8.07. The van der Waals surface area contributed by atoms with Crippen LogP contribution in [0.1, 0.15) is 11.1 Å². The molecule has 3 nitrogen and oxygen atoms in total. The summed E-state index contributed by atoms with van der Waals surface area (Å²) in [6.07, 6.45) is 2.34. The molecule has 0 aliphatic heterocycles. The lowest BCUT2D eigenvalue weighted by molar-refractivity contribution is 0.477. The molecular formula is C20H17FN2OS. The molecule has 3 N–H and O–H groups in total. The van der Waals surface area contributed by atoms with Crippen LogP contribution >= 0.6 is 11.3 Å². The van der Waals surface area contributed by atoms with Gasteiger partial charge in [-0.15, -0.1) is 11.3 Å². The number of pyridine rings is 1. The van der Waals surface area contributed by atoms with E-state index in [2.05, 4.69) is 4.98 Å². The van der Waals surface area contributed by atoms with Gasteiger partial charge in [-0.2, -0.15) is 0 Å². The Bertz CT molecular complexity index is 1100.